The quantitative estimate of drug-likeness (QED) is 0.658. The summed E-state index contributed by atoms with van der Waals surface area (Å²) < 4.78 is 4.98. The fourth-order valence-corrected chi connectivity index (χ4v) is 0.894. The van der Waals surface area contributed by atoms with E-state index < -0.39 is 0 Å². The number of hydrogen-bond donors (Lipinski definition) is 0. The monoisotopic (exact) mass is 158 g/mol. The molecule has 0 aliphatic carbocycles. The molecule has 12 heavy (non-hydrogen) atoms. The van der Waals surface area contributed by atoms with Crippen LogP contribution in [0.25, 0.3) is 0 Å². The van der Waals surface area contributed by atoms with Gasteiger partial charge in [-0.05, 0) is 24.3 Å². The van der Waals surface area contributed by atoms with Gasteiger partial charge in [-0.2, -0.15) is 5.26 Å². The highest BCUT2D eigenvalue weighted by Crippen LogP contribution is 2.16. The van der Waals surface area contributed by atoms with Crippen LogP contribution in [0.2, 0.25) is 0 Å². The Bertz CT molecular complexity index is 336. The first kappa shape index (κ1) is 8.35. The lowest BCUT2D eigenvalue weighted by Gasteiger charge is -2.01. The molecule has 0 bridgehead atoms. The van der Waals surface area contributed by atoms with E-state index in [2.05, 4.69) is 12.7 Å². The predicted molar refractivity (Wildman–Crippen MR) is 45.7 cm³/mol. The van der Waals surface area contributed by atoms with Crippen molar-refractivity contribution in [2.75, 3.05) is 7.11 Å². The third-order valence-corrected chi connectivity index (χ3v) is 1.54. The zero-order chi connectivity index (χ0) is 8.97. The molecule has 2 nitrogen and oxygen atoms in total. The van der Waals surface area contributed by atoms with Gasteiger partial charge in [-0.25, -0.2) is 0 Å². The van der Waals surface area contributed by atoms with Crippen LogP contribution >= 0.6 is 0 Å². The average Bonchev–Trinajstić information content (AvgIpc) is 2.16. The topological polar surface area (TPSA) is 33.0 Å². The molecule has 0 aliphatic heterocycles. The van der Waals surface area contributed by atoms with Gasteiger partial charge in [-0.3, -0.25) is 0 Å². The molecule has 0 saturated carbocycles. The van der Waals surface area contributed by atoms with E-state index in [-0.39, 0.29) is 0 Å². The largest absolute Gasteiger partial charge is 0.497 e. The first-order valence-electron chi connectivity index (χ1n) is 3.43. The van der Waals surface area contributed by atoms with Crippen molar-refractivity contribution in [1.82, 2.24) is 0 Å². The summed E-state index contributed by atoms with van der Waals surface area (Å²) in [5, 5.41) is 8.65. The van der Waals surface area contributed by atoms with Crippen molar-refractivity contribution >= 4 is 0 Å². The lowest BCUT2D eigenvalue weighted by Crippen LogP contribution is -1.87. The first-order chi connectivity index (χ1) is 5.81. The Balaban J connectivity index is 3.21. The molecule has 1 aromatic rings. The highest BCUT2D eigenvalue weighted by molar-refractivity contribution is 5.45. The number of rotatable bonds is 2. The van der Waals surface area contributed by atoms with E-state index >= 15 is 0 Å². The fourth-order valence-electron chi connectivity index (χ4n) is 0.894. The molecule has 59 valence electrons. The minimum atomic E-state index is 0.561. The molecule has 1 aromatic carbocycles. The van der Waals surface area contributed by atoms with Crippen LogP contribution in [-0.4, -0.2) is 7.11 Å². The Morgan fingerprint density at radius 1 is 1.42 bits per heavy atom. The number of hydrogen-bond acceptors (Lipinski definition) is 2. The van der Waals surface area contributed by atoms with Crippen LogP contribution in [-0.2, 0) is 0 Å². The van der Waals surface area contributed by atoms with E-state index in [9.17, 15) is 0 Å². The summed E-state index contributed by atoms with van der Waals surface area (Å²) >= 11 is 0. The molecule has 1 rings (SSSR count). The third kappa shape index (κ3) is 1.46. The lowest BCUT2D eigenvalue weighted by molar-refractivity contribution is 0.414. The van der Waals surface area contributed by atoms with Crippen LogP contribution in [0.3, 0.4) is 0 Å². The van der Waals surface area contributed by atoms with Crippen LogP contribution in [0.1, 0.15) is 11.1 Å². The van der Waals surface area contributed by atoms with Crippen LogP contribution in [0.4, 0.5) is 0 Å². The van der Waals surface area contributed by atoms with E-state index in [0.29, 0.717) is 16.9 Å². The van der Waals surface area contributed by atoms with Gasteiger partial charge < -0.3 is 4.74 Å². The Kier molecular flexibility index (Phi) is 2.49. The predicted octanol–water partition coefficient (Wildman–Crippen LogP) is 1.90. The number of nitriles is 1. The molecule has 0 N–H and O–H groups in total. The van der Waals surface area contributed by atoms with Crippen molar-refractivity contribution in [3.8, 4) is 11.8 Å². The second kappa shape index (κ2) is 3.59. The summed E-state index contributed by atoms with van der Waals surface area (Å²) in [5.41, 5.74) is 1.24. The molecule has 0 heterocycles. The standard InChI is InChI=1S/C10H8NO/c1-3-8-6-10(12-2)5-4-9(8)7-11/h4-6H,1H2,2H3. The van der Waals surface area contributed by atoms with E-state index in [1.54, 1.807) is 25.3 Å². The first-order valence-corrected chi connectivity index (χ1v) is 3.43. The molecule has 0 aromatic heterocycles. The van der Waals surface area contributed by atoms with Crippen LogP contribution in [0, 0.1) is 17.4 Å². The van der Waals surface area contributed by atoms with Gasteiger partial charge in [0, 0.05) is 5.56 Å². The van der Waals surface area contributed by atoms with Crippen LogP contribution in [0.5, 0.6) is 5.75 Å². The lowest BCUT2D eigenvalue weighted by atomic mass is 10.1. The van der Waals surface area contributed by atoms with Gasteiger partial charge in [-0.1, -0.05) is 6.58 Å². The molecular formula is C10H8NO. The van der Waals surface area contributed by atoms with Crippen molar-refractivity contribution in [2.24, 2.45) is 0 Å². The van der Waals surface area contributed by atoms with Crippen molar-refractivity contribution in [1.29, 1.82) is 5.26 Å². The van der Waals surface area contributed by atoms with Gasteiger partial charge >= 0.3 is 0 Å². The molecule has 1 radical (unpaired) electrons. The van der Waals surface area contributed by atoms with E-state index in [1.807, 2.05) is 6.07 Å². The average molecular weight is 158 g/mol. The van der Waals surface area contributed by atoms with Crippen molar-refractivity contribution in [3.63, 3.8) is 0 Å². The molecule has 0 fully saturated rings. The fraction of sp³-hybridized carbons (Fsp3) is 0.100. The zero-order valence-electron chi connectivity index (χ0n) is 6.79. The van der Waals surface area contributed by atoms with Gasteiger partial charge in [0.15, 0.2) is 0 Å². The van der Waals surface area contributed by atoms with Crippen molar-refractivity contribution in [3.05, 3.63) is 42.0 Å². The van der Waals surface area contributed by atoms with Crippen molar-refractivity contribution < 1.29 is 4.74 Å². The van der Waals surface area contributed by atoms with Gasteiger partial charge in [0.05, 0.1) is 18.7 Å². The van der Waals surface area contributed by atoms with E-state index in [0.717, 1.165) is 0 Å². The second-order valence-corrected chi connectivity index (χ2v) is 2.20. The highest BCUT2D eigenvalue weighted by atomic mass is 16.5. The maximum absolute atomic E-state index is 8.65. The van der Waals surface area contributed by atoms with Gasteiger partial charge in [-0.15, -0.1) is 0 Å². The zero-order valence-corrected chi connectivity index (χ0v) is 6.79. The number of benzene rings is 1. The highest BCUT2D eigenvalue weighted by Gasteiger charge is 1.99. The van der Waals surface area contributed by atoms with Gasteiger partial charge in [0.2, 0.25) is 0 Å². The molecule has 0 saturated heterocycles. The summed E-state index contributed by atoms with van der Waals surface area (Å²) in [5.74, 6) is 0.708. The number of methoxy groups -OCH3 is 1. The summed E-state index contributed by atoms with van der Waals surface area (Å²) in [7, 11) is 1.58. The molecule has 0 spiro atoms. The summed E-state index contributed by atoms with van der Waals surface area (Å²) in [6, 6.07) is 7.19. The summed E-state index contributed by atoms with van der Waals surface area (Å²) in [6.07, 6.45) is 2.67. The summed E-state index contributed by atoms with van der Waals surface area (Å²) in [6.45, 7) is 3.48. The molecule has 0 amide bonds. The normalized spacial score (nSPS) is 8.67. The summed E-state index contributed by atoms with van der Waals surface area (Å²) in [4.78, 5) is 0. The Morgan fingerprint density at radius 2 is 2.17 bits per heavy atom. The minimum absolute atomic E-state index is 0.561. The molecule has 0 unspecified atom stereocenters. The molecule has 0 atom stereocenters. The molecular weight excluding hydrogens is 150 g/mol. The van der Waals surface area contributed by atoms with E-state index in [4.69, 9.17) is 10.00 Å². The Hall–Kier alpha value is -1.75. The maximum atomic E-state index is 8.65. The second-order valence-electron chi connectivity index (χ2n) is 2.20. The Labute approximate surface area is 71.7 Å². The smallest absolute Gasteiger partial charge is 0.119 e. The number of nitrogens with zero attached hydrogens (tertiary/aromatic N) is 1. The van der Waals surface area contributed by atoms with Crippen LogP contribution in [0.15, 0.2) is 24.8 Å². The Morgan fingerprint density at radius 3 is 2.67 bits per heavy atom. The van der Waals surface area contributed by atoms with Crippen molar-refractivity contribution in [2.45, 2.75) is 0 Å². The number of ether oxygens (including phenoxy) is 1. The SMILES string of the molecule is C=[C]c1cc(OC)ccc1C#N. The van der Waals surface area contributed by atoms with Gasteiger partial charge in [0.25, 0.3) is 0 Å². The third-order valence-electron chi connectivity index (χ3n) is 1.54. The van der Waals surface area contributed by atoms with Gasteiger partial charge in [0.1, 0.15) is 5.75 Å². The van der Waals surface area contributed by atoms with E-state index in [1.165, 1.54) is 0 Å². The molecule has 2 heteroatoms. The minimum Gasteiger partial charge on any atom is -0.497 e. The molecule has 0 aliphatic rings. The maximum Gasteiger partial charge on any atom is 0.119 e. The van der Waals surface area contributed by atoms with Crippen LogP contribution < -0.4 is 4.74 Å².